The number of benzene rings is 2. The van der Waals surface area contributed by atoms with Crippen molar-refractivity contribution in [3.63, 3.8) is 0 Å². The van der Waals surface area contributed by atoms with E-state index in [0.29, 0.717) is 16.3 Å². The van der Waals surface area contributed by atoms with Crippen molar-refractivity contribution < 1.29 is 24.2 Å². The molecule has 1 unspecified atom stereocenters. The Morgan fingerprint density at radius 1 is 1.03 bits per heavy atom. The van der Waals surface area contributed by atoms with Gasteiger partial charge in [-0.05, 0) is 35.9 Å². The molecule has 0 aliphatic carbocycles. The second-order valence-electron chi connectivity index (χ2n) is 7.12. The molecule has 1 fully saturated rings. The number of halogens is 2. The standard InChI is InChI=1S/C24H18Cl2N2O5/c1-32-18-11-17(26)19(33-2)10-16(18)22(29)20-21(13-5-4-8-27-12-13)28(24(31)23(20)30)15-7-3-6-14(25)9-15/h3-12,21,29H,1-2H3/b22-20+. The van der Waals surface area contributed by atoms with Gasteiger partial charge < -0.3 is 14.6 Å². The number of pyridine rings is 1. The minimum atomic E-state index is -0.955. The van der Waals surface area contributed by atoms with E-state index in [9.17, 15) is 14.7 Å². The number of aliphatic hydroxyl groups is 1. The van der Waals surface area contributed by atoms with Crippen LogP contribution in [-0.4, -0.2) is 36.0 Å². The Bertz CT molecular complexity index is 1280. The number of methoxy groups -OCH3 is 2. The van der Waals surface area contributed by atoms with Gasteiger partial charge in [-0.25, -0.2) is 0 Å². The molecule has 0 spiro atoms. The molecule has 1 saturated heterocycles. The minimum absolute atomic E-state index is 0.129. The van der Waals surface area contributed by atoms with Crippen LogP contribution >= 0.6 is 23.2 Å². The lowest BCUT2D eigenvalue weighted by Gasteiger charge is -2.25. The van der Waals surface area contributed by atoms with Gasteiger partial charge in [-0.2, -0.15) is 0 Å². The Morgan fingerprint density at radius 3 is 2.42 bits per heavy atom. The molecule has 1 aromatic heterocycles. The molecular formula is C24H18Cl2N2O5. The molecule has 4 rings (SSSR count). The highest BCUT2D eigenvalue weighted by atomic mass is 35.5. The van der Waals surface area contributed by atoms with Gasteiger partial charge in [0, 0.05) is 29.2 Å². The first kappa shape index (κ1) is 22.6. The highest BCUT2D eigenvalue weighted by molar-refractivity contribution is 6.52. The van der Waals surface area contributed by atoms with Crippen molar-refractivity contribution in [2.45, 2.75) is 6.04 Å². The van der Waals surface area contributed by atoms with Gasteiger partial charge in [-0.3, -0.25) is 19.5 Å². The SMILES string of the molecule is COc1cc(/C(O)=C2\C(=O)C(=O)N(c3cccc(Cl)c3)C2c2cccnc2)c(OC)cc1Cl. The van der Waals surface area contributed by atoms with Crippen LogP contribution in [0.4, 0.5) is 5.69 Å². The number of carbonyl (C=O) groups is 2. The van der Waals surface area contributed by atoms with Crippen LogP contribution in [0.3, 0.4) is 0 Å². The number of ketones is 1. The lowest BCUT2D eigenvalue weighted by molar-refractivity contribution is -0.132. The first-order valence-electron chi connectivity index (χ1n) is 9.75. The van der Waals surface area contributed by atoms with E-state index in [-0.39, 0.29) is 27.7 Å². The number of aromatic nitrogens is 1. The number of hydrogen-bond donors (Lipinski definition) is 1. The van der Waals surface area contributed by atoms with Crippen LogP contribution in [-0.2, 0) is 9.59 Å². The zero-order chi connectivity index (χ0) is 23.7. The van der Waals surface area contributed by atoms with E-state index < -0.39 is 23.5 Å². The Labute approximate surface area is 199 Å². The summed E-state index contributed by atoms with van der Waals surface area (Å²) in [7, 11) is 2.82. The van der Waals surface area contributed by atoms with Gasteiger partial charge in [0.05, 0.1) is 36.4 Å². The highest BCUT2D eigenvalue weighted by Crippen LogP contribution is 2.44. The number of ether oxygens (including phenoxy) is 2. The molecule has 1 aliphatic rings. The topological polar surface area (TPSA) is 89.0 Å². The summed E-state index contributed by atoms with van der Waals surface area (Å²) in [6.45, 7) is 0. The molecule has 168 valence electrons. The second kappa shape index (κ2) is 9.13. The summed E-state index contributed by atoms with van der Waals surface area (Å²) in [6, 6.07) is 11.9. The Hall–Kier alpha value is -3.55. The van der Waals surface area contributed by atoms with Crippen molar-refractivity contribution in [2.24, 2.45) is 0 Å². The van der Waals surface area contributed by atoms with Crippen molar-refractivity contribution in [2.75, 3.05) is 19.1 Å². The zero-order valence-corrected chi connectivity index (χ0v) is 19.1. The van der Waals surface area contributed by atoms with Gasteiger partial charge in [0.15, 0.2) is 0 Å². The number of aliphatic hydroxyl groups excluding tert-OH is 1. The number of rotatable bonds is 5. The Kier molecular flexibility index (Phi) is 6.26. The predicted octanol–water partition coefficient (Wildman–Crippen LogP) is 5.03. The summed E-state index contributed by atoms with van der Waals surface area (Å²) in [4.78, 5) is 31.8. The van der Waals surface area contributed by atoms with Crippen molar-refractivity contribution in [1.29, 1.82) is 0 Å². The smallest absolute Gasteiger partial charge is 0.300 e. The molecule has 1 amide bonds. The van der Waals surface area contributed by atoms with E-state index in [1.807, 2.05) is 0 Å². The number of carbonyl (C=O) groups excluding carboxylic acids is 2. The third-order valence-corrected chi connectivity index (χ3v) is 5.79. The molecule has 1 N–H and O–H groups in total. The van der Waals surface area contributed by atoms with Crippen LogP contribution in [0.5, 0.6) is 11.5 Å². The van der Waals surface area contributed by atoms with E-state index in [4.69, 9.17) is 32.7 Å². The van der Waals surface area contributed by atoms with Crippen molar-refractivity contribution in [3.8, 4) is 11.5 Å². The van der Waals surface area contributed by atoms with Gasteiger partial charge in [0.1, 0.15) is 17.3 Å². The summed E-state index contributed by atoms with van der Waals surface area (Å²) in [6.07, 6.45) is 3.10. The first-order chi connectivity index (χ1) is 15.9. The minimum Gasteiger partial charge on any atom is -0.507 e. The number of hydrogen-bond acceptors (Lipinski definition) is 6. The zero-order valence-electron chi connectivity index (χ0n) is 17.6. The lowest BCUT2D eigenvalue weighted by atomic mass is 9.95. The Morgan fingerprint density at radius 2 is 1.79 bits per heavy atom. The quantitative estimate of drug-likeness (QED) is 0.310. The van der Waals surface area contributed by atoms with Crippen molar-refractivity contribution in [1.82, 2.24) is 4.98 Å². The summed E-state index contributed by atoms with van der Waals surface area (Å²) in [5.41, 5.74) is 0.948. The molecule has 2 heterocycles. The van der Waals surface area contributed by atoms with E-state index >= 15 is 0 Å². The van der Waals surface area contributed by atoms with Crippen LogP contribution in [0.1, 0.15) is 17.2 Å². The molecule has 1 atom stereocenters. The molecule has 0 saturated carbocycles. The maximum Gasteiger partial charge on any atom is 0.300 e. The molecule has 33 heavy (non-hydrogen) atoms. The first-order valence-corrected chi connectivity index (χ1v) is 10.5. The van der Waals surface area contributed by atoms with Crippen LogP contribution in [0, 0.1) is 0 Å². The number of nitrogens with zero attached hydrogens (tertiary/aromatic N) is 2. The summed E-state index contributed by atoms with van der Waals surface area (Å²) < 4.78 is 10.6. The van der Waals surface area contributed by atoms with Gasteiger partial charge in [0.25, 0.3) is 11.7 Å². The normalized spacial score (nSPS) is 17.3. The average molecular weight is 485 g/mol. The molecule has 1 aliphatic heterocycles. The van der Waals surface area contributed by atoms with Gasteiger partial charge in [0.2, 0.25) is 0 Å². The molecule has 2 aromatic carbocycles. The average Bonchev–Trinajstić information content (AvgIpc) is 3.09. The third-order valence-electron chi connectivity index (χ3n) is 5.26. The van der Waals surface area contributed by atoms with Crippen LogP contribution in [0.25, 0.3) is 5.76 Å². The second-order valence-corrected chi connectivity index (χ2v) is 7.97. The molecule has 0 bridgehead atoms. The molecule has 9 heteroatoms. The largest absolute Gasteiger partial charge is 0.507 e. The van der Waals surface area contributed by atoms with E-state index in [1.165, 1.54) is 37.4 Å². The Balaban J connectivity index is 1.99. The molecule has 7 nitrogen and oxygen atoms in total. The van der Waals surface area contributed by atoms with Crippen LogP contribution in [0.2, 0.25) is 10.0 Å². The van der Waals surface area contributed by atoms with E-state index in [0.717, 1.165) is 0 Å². The molecular weight excluding hydrogens is 467 g/mol. The van der Waals surface area contributed by atoms with Crippen LogP contribution < -0.4 is 14.4 Å². The molecule has 0 radical (unpaired) electrons. The fraction of sp³-hybridized carbons (Fsp3) is 0.125. The van der Waals surface area contributed by atoms with E-state index in [2.05, 4.69) is 4.98 Å². The summed E-state index contributed by atoms with van der Waals surface area (Å²) in [5, 5.41) is 12.0. The number of anilines is 1. The monoisotopic (exact) mass is 484 g/mol. The summed E-state index contributed by atoms with van der Waals surface area (Å²) in [5.74, 6) is -1.64. The fourth-order valence-corrected chi connectivity index (χ4v) is 4.18. The highest BCUT2D eigenvalue weighted by Gasteiger charge is 2.47. The van der Waals surface area contributed by atoms with Crippen molar-refractivity contribution in [3.05, 3.63) is 87.7 Å². The van der Waals surface area contributed by atoms with Gasteiger partial charge in [-0.1, -0.05) is 35.3 Å². The maximum absolute atomic E-state index is 13.2. The fourth-order valence-electron chi connectivity index (χ4n) is 3.77. The third kappa shape index (κ3) is 4.01. The van der Waals surface area contributed by atoms with Crippen molar-refractivity contribution >= 4 is 46.3 Å². The molecule has 3 aromatic rings. The summed E-state index contributed by atoms with van der Waals surface area (Å²) >= 11 is 12.3. The maximum atomic E-state index is 13.2. The number of amides is 1. The lowest BCUT2D eigenvalue weighted by Crippen LogP contribution is -2.29. The number of Topliss-reactive ketones (excluding diaryl/α,β-unsaturated/α-hetero) is 1. The predicted molar refractivity (Wildman–Crippen MR) is 125 cm³/mol. The van der Waals surface area contributed by atoms with Gasteiger partial charge >= 0.3 is 0 Å². The van der Waals surface area contributed by atoms with Gasteiger partial charge in [-0.15, -0.1) is 0 Å². The van der Waals surface area contributed by atoms with E-state index in [1.54, 1.807) is 42.6 Å². The van der Waals surface area contributed by atoms with Crippen LogP contribution in [0.15, 0.2) is 66.5 Å².